The number of halogens is 1. The summed E-state index contributed by atoms with van der Waals surface area (Å²) >= 11 is 0. The molecule has 6 rings (SSSR count). The summed E-state index contributed by atoms with van der Waals surface area (Å²) in [5, 5.41) is 23.9. The van der Waals surface area contributed by atoms with Gasteiger partial charge < -0.3 is 9.63 Å². The Kier molecular flexibility index (Phi) is 2.97. The molecule has 0 bridgehead atoms. The third-order valence-corrected chi connectivity index (χ3v) is 5.43. The third-order valence-electron chi connectivity index (χ3n) is 5.43. The maximum absolute atomic E-state index is 14.4. The van der Waals surface area contributed by atoms with Crippen molar-refractivity contribution in [2.75, 3.05) is 0 Å². The fourth-order valence-corrected chi connectivity index (χ4v) is 4.06. The monoisotopic (exact) mass is 379 g/mol. The van der Waals surface area contributed by atoms with Gasteiger partial charge in [-0.15, -0.1) is 10.2 Å². The van der Waals surface area contributed by atoms with E-state index in [0.717, 1.165) is 12.8 Å². The van der Waals surface area contributed by atoms with Crippen LogP contribution in [0.15, 0.2) is 35.0 Å². The number of benzene rings is 1. The number of nitrogens with zero attached hydrogens (tertiary/aromatic N) is 7. The van der Waals surface area contributed by atoms with Crippen LogP contribution in [-0.2, 0) is 5.60 Å². The second kappa shape index (κ2) is 5.32. The Labute approximate surface area is 156 Å². The van der Waals surface area contributed by atoms with Crippen LogP contribution in [0.25, 0.3) is 33.8 Å². The van der Waals surface area contributed by atoms with Gasteiger partial charge in [0.25, 0.3) is 12.0 Å². The summed E-state index contributed by atoms with van der Waals surface area (Å²) < 4.78 is 22.8. The van der Waals surface area contributed by atoms with Gasteiger partial charge in [0.05, 0.1) is 11.7 Å². The maximum atomic E-state index is 14.4. The predicted octanol–water partition coefficient (Wildman–Crippen LogP) is 2.48. The van der Waals surface area contributed by atoms with E-state index >= 15 is 0 Å². The molecule has 1 aromatic carbocycles. The van der Waals surface area contributed by atoms with Gasteiger partial charge in [-0.05, 0) is 37.8 Å². The zero-order chi connectivity index (χ0) is 18.9. The molecule has 10 heteroatoms. The predicted molar refractivity (Wildman–Crippen MR) is 94.9 cm³/mol. The lowest BCUT2D eigenvalue weighted by molar-refractivity contribution is 0.0112. The lowest BCUT2D eigenvalue weighted by atomic mass is 10.0. The summed E-state index contributed by atoms with van der Waals surface area (Å²) in [6.07, 6.45) is 3.75. The Morgan fingerprint density at radius 2 is 1.93 bits per heavy atom. The molecule has 0 saturated heterocycles. The van der Waals surface area contributed by atoms with Gasteiger partial charge in [-0.3, -0.25) is 8.80 Å². The lowest BCUT2D eigenvalue weighted by Gasteiger charge is -2.15. The molecule has 4 heterocycles. The second-order valence-corrected chi connectivity index (χ2v) is 7.08. The van der Waals surface area contributed by atoms with Crippen LogP contribution in [0.4, 0.5) is 4.39 Å². The summed E-state index contributed by atoms with van der Waals surface area (Å²) in [6, 6.07) is 7.30. The van der Waals surface area contributed by atoms with Crippen LogP contribution in [0.5, 0.6) is 0 Å². The van der Waals surface area contributed by atoms with Crippen LogP contribution in [0.2, 0.25) is 0 Å². The number of para-hydroxylation sites is 1. The minimum atomic E-state index is -1.10. The summed E-state index contributed by atoms with van der Waals surface area (Å²) in [5.74, 6) is 0.650. The largest absolute Gasteiger partial charge is 0.380 e. The molecule has 5 aromatic rings. The van der Waals surface area contributed by atoms with Gasteiger partial charge in [-0.2, -0.15) is 9.37 Å². The molecular formula is C18H14FN7O2. The van der Waals surface area contributed by atoms with Crippen molar-refractivity contribution in [1.82, 2.24) is 34.1 Å². The second-order valence-electron chi connectivity index (χ2n) is 7.08. The Morgan fingerprint density at radius 1 is 1.11 bits per heavy atom. The number of fused-ring (bicyclic) bond motifs is 6. The molecule has 0 radical (unpaired) electrons. The van der Waals surface area contributed by atoms with E-state index < -0.39 is 11.7 Å². The van der Waals surface area contributed by atoms with E-state index in [1.807, 2.05) is 18.2 Å². The minimum absolute atomic E-state index is 0.174. The van der Waals surface area contributed by atoms with Gasteiger partial charge in [0.15, 0.2) is 5.65 Å². The number of imidazole rings is 1. The van der Waals surface area contributed by atoms with Gasteiger partial charge in [0.2, 0.25) is 11.6 Å². The standard InChI is InChI=1S/C18H14FN7O2/c19-17-20-9-12-25(17)11-6-2-1-5-10(11)14-22-23-15(26(12)14)13-21-16(28-24-13)18(27)7-3-4-8-18/h1-2,5-6,9,27H,3-4,7-8H2. The fourth-order valence-electron chi connectivity index (χ4n) is 4.06. The van der Waals surface area contributed by atoms with Crippen LogP contribution >= 0.6 is 0 Å². The first kappa shape index (κ1) is 15.6. The van der Waals surface area contributed by atoms with E-state index in [1.54, 1.807) is 10.5 Å². The molecule has 1 N–H and O–H groups in total. The molecule has 140 valence electrons. The van der Waals surface area contributed by atoms with Crippen LogP contribution < -0.4 is 0 Å². The first-order valence-corrected chi connectivity index (χ1v) is 9.01. The first-order chi connectivity index (χ1) is 13.7. The molecule has 0 aliphatic heterocycles. The molecule has 9 nitrogen and oxygen atoms in total. The Balaban J connectivity index is 1.65. The fraction of sp³-hybridized carbons (Fsp3) is 0.278. The summed E-state index contributed by atoms with van der Waals surface area (Å²) in [5.41, 5.74) is 0.505. The van der Waals surface area contributed by atoms with E-state index in [0.29, 0.717) is 40.9 Å². The molecule has 1 aliphatic rings. The van der Waals surface area contributed by atoms with Crippen molar-refractivity contribution in [3.63, 3.8) is 0 Å². The maximum Gasteiger partial charge on any atom is 0.295 e. The van der Waals surface area contributed by atoms with Gasteiger partial charge in [0.1, 0.15) is 11.2 Å². The minimum Gasteiger partial charge on any atom is -0.380 e. The highest BCUT2D eigenvalue weighted by Crippen LogP contribution is 2.38. The molecule has 0 amide bonds. The molecule has 0 unspecified atom stereocenters. The van der Waals surface area contributed by atoms with Crippen molar-refractivity contribution in [2.24, 2.45) is 0 Å². The van der Waals surface area contributed by atoms with Crippen LogP contribution in [-0.4, -0.2) is 39.2 Å². The van der Waals surface area contributed by atoms with Gasteiger partial charge in [0, 0.05) is 5.39 Å². The van der Waals surface area contributed by atoms with Crippen molar-refractivity contribution in [2.45, 2.75) is 31.3 Å². The lowest BCUT2D eigenvalue weighted by Crippen LogP contribution is -2.21. The van der Waals surface area contributed by atoms with E-state index in [2.05, 4.69) is 25.3 Å². The number of aliphatic hydroxyl groups is 1. The quantitative estimate of drug-likeness (QED) is 0.502. The molecule has 0 atom stereocenters. The van der Waals surface area contributed by atoms with Crippen LogP contribution in [0, 0.1) is 6.08 Å². The van der Waals surface area contributed by atoms with E-state index in [-0.39, 0.29) is 11.7 Å². The summed E-state index contributed by atoms with van der Waals surface area (Å²) in [7, 11) is 0. The highest BCUT2D eigenvalue weighted by Gasteiger charge is 2.39. The molecule has 4 aromatic heterocycles. The van der Waals surface area contributed by atoms with E-state index in [9.17, 15) is 9.50 Å². The summed E-state index contributed by atoms with van der Waals surface area (Å²) in [6.45, 7) is 0. The van der Waals surface area contributed by atoms with Crippen molar-refractivity contribution in [3.05, 3.63) is 42.4 Å². The highest BCUT2D eigenvalue weighted by molar-refractivity contribution is 5.94. The van der Waals surface area contributed by atoms with Crippen molar-refractivity contribution >= 4 is 22.2 Å². The smallest absolute Gasteiger partial charge is 0.295 e. The number of hydrogen-bond donors (Lipinski definition) is 1. The average molecular weight is 379 g/mol. The van der Waals surface area contributed by atoms with Gasteiger partial charge >= 0.3 is 0 Å². The third kappa shape index (κ3) is 1.95. The number of aromatic nitrogens is 7. The zero-order valence-corrected chi connectivity index (χ0v) is 14.6. The Morgan fingerprint density at radius 3 is 2.79 bits per heavy atom. The molecule has 1 aliphatic carbocycles. The van der Waals surface area contributed by atoms with E-state index in [1.165, 1.54) is 10.6 Å². The number of rotatable bonds is 2. The molecule has 1 fully saturated rings. The molecule has 0 spiro atoms. The highest BCUT2D eigenvalue weighted by atomic mass is 19.1. The molecule has 28 heavy (non-hydrogen) atoms. The molecular weight excluding hydrogens is 365 g/mol. The normalized spacial score (nSPS) is 16.6. The summed E-state index contributed by atoms with van der Waals surface area (Å²) in [4.78, 5) is 8.18. The van der Waals surface area contributed by atoms with E-state index in [4.69, 9.17) is 4.52 Å². The first-order valence-electron chi connectivity index (χ1n) is 9.01. The van der Waals surface area contributed by atoms with Crippen molar-refractivity contribution in [1.29, 1.82) is 0 Å². The molecule has 1 saturated carbocycles. The average Bonchev–Trinajstić information content (AvgIpc) is 3.47. The van der Waals surface area contributed by atoms with Crippen molar-refractivity contribution in [3.8, 4) is 11.6 Å². The Bertz CT molecular complexity index is 1360. The topological polar surface area (TPSA) is 107 Å². The van der Waals surface area contributed by atoms with Crippen molar-refractivity contribution < 1.29 is 14.0 Å². The zero-order valence-electron chi connectivity index (χ0n) is 14.6. The van der Waals surface area contributed by atoms with Gasteiger partial charge in [-0.25, -0.2) is 4.98 Å². The van der Waals surface area contributed by atoms with Gasteiger partial charge in [-0.1, -0.05) is 17.3 Å². The Hall–Kier alpha value is -3.40. The number of hydrogen-bond acceptors (Lipinski definition) is 7. The SMILES string of the molecule is OC1(c2nc(-c3nnc4c5ccccc5n5c(F)ncc5n34)no2)CCCC1. The van der Waals surface area contributed by atoms with Crippen LogP contribution in [0.3, 0.4) is 0 Å². The van der Waals surface area contributed by atoms with Crippen LogP contribution in [0.1, 0.15) is 31.6 Å².